The Labute approximate surface area is 98.7 Å². The van der Waals surface area contributed by atoms with Crippen LogP contribution in [0.3, 0.4) is 0 Å². The molecule has 0 bridgehead atoms. The number of halogens is 3. The average molecular weight is 300 g/mol. The van der Waals surface area contributed by atoms with Crippen molar-refractivity contribution < 1.29 is 14.6 Å². The van der Waals surface area contributed by atoms with E-state index in [1.165, 1.54) is 13.2 Å². The molecule has 0 heterocycles. The first kappa shape index (κ1) is 11.6. The van der Waals surface area contributed by atoms with Crippen molar-refractivity contribution >= 4 is 45.1 Å². The number of hydrogen-bond acceptors (Lipinski definition) is 2. The van der Waals surface area contributed by atoms with Gasteiger partial charge in [0, 0.05) is 4.47 Å². The molecule has 1 aromatic carbocycles. The standard InChI is InChI=1S/C8H5BrCl2O3/c1-14-7-4(10)2-3(9)6(11)5(7)8(12)13/h2H,1H3,(H,12,13). The van der Waals surface area contributed by atoms with Crippen molar-refractivity contribution in [2.75, 3.05) is 7.11 Å². The predicted molar refractivity (Wildman–Crippen MR) is 57.7 cm³/mol. The Balaban J connectivity index is 3.56. The van der Waals surface area contributed by atoms with E-state index in [1.807, 2.05) is 0 Å². The summed E-state index contributed by atoms with van der Waals surface area (Å²) in [5.74, 6) is -1.12. The van der Waals surface area contributed by atoms with Gasteiger partial charge in [0.05, 0.1) is 17.2 Å². The molecule has 0 fully saturated rings. The van der Waals surface area contributed by atoms with Crippen molar-refractivity contribution in [3.8, 4) is 5.75 Å². The molecule has 0 saturated carbocycles. The molecule has 0 atom stereocenters. The monoisotopic (exact) mass is 298 g/mol. The normalized spacial score (nSPS) is 10.0. The van der Waals surface area contributed by atoms with Crippen LogP contribution in [0.25, 0.3) is 0 Å². The summed E-state index contributed by atoms with van der Waals surface area (Å²) >= 11 is 14.6. The van der Waals surface area contributed by atoms with Gasteiger partial charge >= 0.3 is 5.97 Å². The maximum absolute atomic E-state index is 10.9. The highest BCUT2D eigenvalue weighted by atomic mass is 79.9. The van der Waals surface area contributed by atoms with E-state index in [4.69, 9.17) is 33.0 Å². The van der Waals surface area contributed by atoms with E-state index in [2.05, 4.69) is 15.9 Å². The lowest BCUT2D eigenvalue weighted by atomic mass is 10.2. The number of carboxylic acids is 1. The highest BCUT2D eigenvalue weighted by Gasteiger charge is 2.21. The lowest BCUT2D eigenvalue weighted by Crippen LogP contribution is -2.02. The third kappa shape index (κ3) is 1.97. The lowest BCUT2D eigenvalue weighted by Gasteiger charge is -2.09. The molecule has 1 N–H and O–H groups in total. The fourth-order valence-electron chi connectivity index (χ4n) is 0.969. The molecule has 0 aliphatic rings. The maximum Gasteiger partial charge on any atom is 0.341 e. The summed E-state index contributed by atoms with van der Waals surface area (Å²) in [6.45, 7) is 0. The Morgan fingerprint density at radius 3 is 2.57 bits per heavy atom. The van der Waals surface area contributed by atoms with Gasteiger partial charge in [-0.05, 0) is 22.0 Å². The van der Waals surface area contributed by atoms with Crippen molar-refractivity contribution in [3.63, 3.8) is 0 Å². The topological polar surface area (TPSA) is 46.5 Å². The minimum atomic E-state index is -1.19. The van der Waals surface area contributed by atoms with Crippen LogP contribution in [-0.4, -0.2) is 18.2 Å². The van der Waals surface area contributed by atoms with Crippen LogP contribution in [-0.2, 0) is 0 Å². The molecule has 0 aromatic heterocycles. The highest BCUT2D eigenvalue weighted by molar-refractivity contribution is 9.10. The van der Waals surface area contributed by atoms with Crippen LogP contribution in [0.1, 0.15) is 10.4 Å². The van der Waals surface area contributed by atoms with Crippen LogP contribution in [0.4, 0.5) is 0 Å². The summed E-state index contributed by atoms with van der Waals surface area (Å²) in [6.07, 6.45) is 0. The van der Waals surface area contributed by atoms with Crippen molar-refractivity contribution in [3.05, 3.63) is 26.1 Å². The zero-order chi connectivity index (χ0) is 10.9. The highest BCUT2D eigenvalue weighted by Crippen LogP contribution is 2.38. The van der Waals surface area contributed by atoms with E-state index in [9.17, 15) is 4.79 Å². The van der Waals surface area contributed by atoms with E-state index >= 15 is 0 Å². The van der Waals surface area contributed by atoms with Gasteiger partial charge in [0.25, 0.3) is 0 Å². The van der Waals surface area contributed by atoms with Gasteiger partial charge in [-0.2, -0.15) is 0 Å². The van der Waals surface area contributed by atoms with Gasteiger partial charge in [0.2, 0.25) is 0 Å². The third-order valence-corrected chi connectivity index (χ3v) is 3.07. The van der Waals surface area contributed by atoms with Crippen molar-refractivity contribution in [2.45, 2.75) is 0 Å². The Bertz CT molecular complexity index is 393. The van der Waals surface area contributed by atoms with Gasteiger partial charge in [-0.15, -0.1) is 0 Å². The van der Waals surface area contributed by atoms with Crippen LogP contribution in [0, 0.1) is 0 Å². The summed E-state index contributed by atoms with van der Waals surface area (Å²) in [5.41, 5.74) is -0.145. The number of rotatable bonds is 2. The molecule has 0 saturated heterocycles. The zero-order valence-corrected chi connectivity index (χ0v) is 10.1. The molecular weight excluding hydrogens is 295 g/mol. The minimum Gasteiger partial charge on any atom is -0.494 e. The Kier molecular flexibility index (Phi) is 3.64. The quantitative estimate of drug-likeness (QED) is 0.851. The van der Waals surface area contributed by atoms with Gasteiger partial charge in [-0.1, -0.05) is 23.2 Å². The number of hydrogen-bond donors (Lipinski definition) is 1. The Morgan fingerprint density at radius 2 is 2.14 bits per heavy atom. The maximum atomic E-state index is 10.9. The van der Waals surface area contributed by atoms with Crippen LogP contribution < -0.4 is 4.74 Å². The first-order chi connectivity index (χ1) is 6.49. The van der Waals surface area contributed by atoms with Crippen LogP contribution in [0.5, 0.6) is 5.75 Å². The second kappa shape index (κ2) is 4.38. The van der Waals surface area contributed by atoms with Gasteiger partial charge in [0.15, 0.2) is 5.75 Å². The molecule has 6 heteroatoms. The van der Waals surface area contributed by atoms with E-state index in [0.717, 1.165) is 0 Å². The van der Waals surface area contributed by atoms with Crippen molar-refractivity contribution in [2.24, 2.45) is 0 Å². The largest absolute Gasteiger partial charge is 0.494 e. The van der Waals surface area contributed by atoms with E-state index < -0.39 is 5.97 Å². The summed E-state index contributed by atoms with van der Waals surface area (Å²) in [7, 11) is 1.33. The Hall–Kier alpha value is -0.450. The van der Waals surface area contributed by atoms with Gasteiger partial charge in [-0.25, -0.2) is 4.79 Å². The fourth-order valence-corrected chi connectivity index (χ4v) is 2.03. The molecule has 0 radical (unpaired) electrons. The van der Waals surface area contributed by atoms with Crippen LogP contribution >= 0.6 is 39.1 Å². The molecule has 0 spiro atoms. The first-order valence-electron chi connectivity index (χ1n) is 3.43. The number of carboxylic acid groups (broad SMARTS) is 1. The van der Waals surface area contributed by atoms with Crippen molar-refractivity contribution in [1.29, 1.82) is 0 Å². The minimum absolute atomic E-state index is 0.0624. The summed E-state index contributed by atoms with van der Waals surface area (Å²) in [6, 6.07) is 1.48. The molecule has 1 rings (SSSR count). The van der Waals surface area contributed by atoms with Gasteiger partial charge < -0.3 is 9.84 Å². The number of benzene rings is 1. The van der Waals surface area contributed by atoms with Gasteiger partial charge in [0.1, 0.15) is 5.56 Å². The summed E-state index contributed by atoms with van der Waals surface area (Å²) < 4.78 is 5.27. The van der Waals surface area contributed by atoms with Crippen molar-refractivity contribution in [1.82, 2.24) is 0 Å². The molecule has 0 amide bonds. The molecule has 0 unspecified atom stereocenters. The first-order valence-corrected chi connectivity index (χ1v) is 4.98. The fraction of sp³-hybridized carbons (Fsp3) is 0.125. The second-order valence-electron chi connectivity index (χ2n) is 2.37. The molecular formula is C8H5BrCl2O3. The van der Waals surface area contributed by atoms with E-state index in [0.29, 0.717) is 4.47 Å². The number of carbonyl (C=O) groups is 1. The molecule has 3 nitrogen and oxygen atoms in total. The third-order valence-electron chi connectivity index (χ3n) is 1.54. The number of ether oxygens (including phenoxy) is 1. The summed E-state index contributed by atoms with van der Waals surface area (Å²) in [4.78, 5) is 10.9. The summed E-state index contributed by atoms with van der Waals surface area (Å²) in [5, 5.41) is 9.15. The molecule has 14 heavy (non-hydrogen) atoms. The lowest BCUT2D eigenvalue weighted by molar-refractivity contribution is 0.0693. The van der Waals surface area contributed by atoms with E-state index in [1.54, 1.807) is 0 Å². The number of methoxy groups -OCH3 is 1. The zero-order valence-electron chi connectivity index (χ0n) is 6.97. The Morgan fingerprint density at radius 1 is 1.57 bits per heavy atom. The average Bonchev–Trinajstić information content (AvgIpc) is 2.10. The SMILES string of the molecule is COc1c(Cl)cc(Br)c(Cl)c1C(=O)O. The van der Waals surface area contributed by atoms with Gasteiger partial charge in [-0.3, -0.25) is 0 Å². The van der Waals surface area contributed by atoms with Crippen LogP contribution in [0.15, 0.2) is 10.5 Å². The van der Waals surface area contributed by atoms with Crippen LogP contribution in [0.2, 0.25) is 10.0 Å². The molecule has 1 aromatic rings. The number of aromatic carboxylic acids is 1. The smallest absolute Gasteiger partial charge is 0.341 e. The van der Waals surface area contributed by atoms with E-state index in [-0.39, 0.29) is 21.4 Å². The molecule has 76 valence electrons. The molecule has 0 aliphatic heterocycles. The second-order valence-corrected chi connectivity index (χ2v) is 4.01. The molecule has 0 aliphatic carbocycles. The predicted octanol–water partition coefficient (Wildman–Crippen LogP) is 3.46.